The predicted molar refractivity (Wildman–Crippen MR) is 70.1 cm³/mol. The van der Waals surface area contributed by atoms with Crippen LogP contribution in [-0.4, -0.2) is 29.2 Å². The summed E-state index contributed by atoms with van der Waals surface area (Å²) in [6.45, 7) is 8.06. The van der Waals surface area contributed by atoms with E-state index in [2.05, 4.69) is 9.97 Å². The van der Waals surface area contributed by atoms with Crippen LogP contribution in [0.4, 0.5) is 0 Å². The molecular formula is C13H20N2O4. The molecule has 0 aliphatic rings. The van der Waals surface area contributed by atoms with E-state index in [1.165, 1.54) is 6.20 Å². The van der Waals surface area contributed by atoms with Crippen molar-refractivity contribution in [2.45, 2.75) is 39.7 Å². The van der Waals surface area contributed by atoms with Crippen LogP contribution in [0, 0.1) is 0 Å². The largest absolute Gasteiger partial charge is 0.462 e. The van der Waals surface area contributed by atoms with Crippen molar-refractivity contribution in [1.29, 1.82) is 0 Å². The Morgan fingerprint density at radius 3 is 2.53 bits per heavy atom. The molecule has 0 aliphatic heterocycles. The van der Waals surface area contributed by atoms with Gasteiger partial charge >= 0.3 is 5.97 Å². The third kappa shape index (κ3) is 3.41. The lowest BCUT2D eigenvalue weighted by atomic mass is 10.0. The van der Waals surface area contributed by atoms with Crippen LogP contribution in [-0.2, 0) is 15.1 Å². The third-order valence-corrected chi connectivity index (χ3v) is 2.93. The van der Waals surface area contributed by atoms with Gasteiger partial charge in [-0.15, -0.1) is 0 Å². The lowest BCUT2D eigenvalue weighted by Crippen LogP contribution is -2.32. The van der Waals surface area contributed by atoms with Crippen molar-refractivity contribution >= 4 is 5.97 Å². The number of carbonyl (C=O) groups excluding carboxylic acids is 1. The predicted octanol–water partition coefficient (Wildman–Crippen LogP) is 1.61. The molecule has 6 heteroatoms. The molecule has 0 fully saturated rings. The molecule has 1 aromatic heterocycles. The van der Waals surface area contributed by atoms with Gasteiger partial charge in [-0.2, -0.15) is 0 Å². The summed E-state index contributed by atoms with van der Waals surface area (Å²) >= 11 is 0. The van der Waals surface area contributed by atoms with Crippen LogP contribution in [0.2, 0.25) is 0 Å². The molecule has 0 bridgehead atoms. The highest BCUT2D eigenvalue weighted by Gasteiger charge is 2.28. The van der Waals surface area contributed by atoms with Crippen molar-refractivity contribution in [3.8, 4) is 0 Å². The number of hydrogen-bond donors (Lipinski definition) is 1. The van der Waals surface area contributed by atoms with Crippen LogP contribution in [0.3, 0.4) is 0 Å². The van der Waals surface area contributed by atoms with Gasteiger partial charge in [-0.05, 0) is 27.2 Å². The Bertz CT molecular complexity index is 498. The molecule has 1 rings (SSSR count). The first-order chi connectivity index (χ1) is 8.98. The number of nitrogens with zero attached hydrogens (tertiary/aromatic N) is 1. The molecule has 1 unspecified atom stereocenters. The van der Waals surface area contributed by atoms with Gasteiger partial charge in [-0.1, -0.05) is 6.92 Å². The van der Waals surface area contributed by atoms with Crippen LogP contribution in [0.1, 0.15) is 50.3 Å². The van der Waals surface area contributed by atoms with Crippen molar-refractivity contribution in [2.24, 2.45) is 0 Å². The van der Waals surface area contributed by atoms with Gasteiger partial charge in [0.15, 0.2) is 0 Å². The molecule has 0 spiro atoms. The molecule has 1 atom stereocenters. The number of aromatic nitrogens is 2. The second kappa shape index (κ2) is 6.47. The van der Waals surface area contributed by atoms with Gasteiger partial charge in [-0.25, -0.2) is 9.78 Å². The molecule has 0 saturated heterocycles. The average molecular weight is 268 g/mol. The van der Waals surface area contributed by atoms with Crippen molar-refractivity contribution in [1.82, 2.24) is 9.97 Å². The summed E-state index contributed by atoms with van der Waals surface area (Å²) in [5.41, 5.74) is -1.27. The summed E-state index contributed by atoms with van der Waals surface area (Å²) in [6.07, 6.45) is 1.89. The standard InChI is InChI=1S/C13H20N2O4/c1-5-13(4,19-7-3)12-14-8-9(10(16)15-12)11(17)18-6-2/h8H,5-7H2,1-4H3,(H,14,15,16). The quantitative estimate of drug-likeness (QED) is 0.793. The van der Waals surface area contributed by atoms with E-state index in [0.717, 1.165) is 0 Å². The molecule has 1 N–H and O–H groups in total. The number of carbonyl (C=O) groups is 1. The topological polar surface area (TPSA) is 81.3 Å². The van der Waals surface area contributed by atoms with Crippen LogP contribution < -0.4 is 5.56 Å². The first kappa shape index (κ1) is 15.4. The van der Waals surface area contributed by atoms with E-state index in [4.69, 9.17) is 9.47 Å². The first-order valence-corrected chi connectivity index (χ1v) is 6.39. The lowest BCUT2D eigenvalue weighted by Gasteiger charge is -2.26. The molecule has 19 heavy (non-hydrogen) atoms. The summed E-state index contributed by atoms with van der Waals surface area (Å²) in [7, 11) is 0. The SMILES string of the molecule is CCOC(=O)c1cnc(C(C)(CC)OCC)[nH]c1=O. The zero-order valence-electron chi connectivity index (χ0n) is 11.8. The fourth-order valence-corrected chi connectivity index (χ4v) is 1.67. The second-order valence-electron chi connectivity index (χ2n) is 4.21. The molecule has 6 nitrogen and oxygen atoms in total. The molecule has 0 aliphatic carbocycles. The van der Waals surface area contributed by atoms with Gasteiger partial charge < -0.3 is 14.5 Å². The van der Waals surface area contributed by atoms with Crippen molar-refractivity contribution < 1.29 is 14.3 Å². The summed E-state index contributed by atoms with van der Waals surface area (Å²) in [5, 5.41) is 0. The minimum Gasteiger partial charge on any atom is -0.462 e. The number of H-pyrrole nitrogens is 1. The Morgan fingerprint density at radius 2 is 2.05 bits per heavy atom. The van der Waals surface area contributed by atoms with E-state index in [0.29, 0.717) is 18.9 Å². The molecule has 106 valence electrons. The third-order valence-electron chi connectivity index (χ3n) is 2.93. The van der Waals surface area contributed by atoms with E-state index in [1.807, 2.05) is 20.8 Å². The van der Waals surface area contributed by atoms with Crippen LogP contribution >= 0.6 is 0 Å². The van der Waals surface area contributed by atoms with Crippen LogP contribution in [0.5, 0.6) is 0 Å². The fraction of sp³-hybridized carbons (Fsp3) is 0.615. The lowest BCUT2D eigenvalue weighted by molar-refractivity contribution is -0.0392. The van der Waals surface area contributed by atoms with E-state index in [9.17, 15) is 9.59 Å². The number of rotatable bonds is 6. The number of aromatic amines is 1. The number of ether oxygens (including phenoxy) is 2. The smallest absolute Gasteiger partial charge is 0.345 e. The second-order valence-corrected chi connectivity index (χ2v) is 4.21. The van der Waals surface area contributed by atoms with Gasteiger partial charge in [0, 0.05) is 12.8 Å². The summed E-state index contributed by atoms with van der Waals surface area (Å²) in [4.78, 5) is 30.1. The summed E-state index contributed by atoms with van der Waals surface area (Å²) in [6, 6.07) is 0. The van der Waals surface area contributed by atoms with Gasteiger partial charge in [0.2, 0.25) is 0 Å². The zero-order valence-corrected chi connectivity index (χ0v) is 11.8. The van der Waals surface area contributed by atoms with Crippen molar-refractivity contribution in [3.63, 3.8) is 0 Å². The minimum atomic E-state index is -0.669. The molecule has 1 heterocycles. The monoisotopic (exact) mass is 268 g/mol. The molecule has 0 amide bonds. The van der Waals surface area contributed by atoms with E-state index < -0.39 is 17.1 Å². The van der Waals surface area contributed by atoms with Gasteiger partial charge in [0.1, 0.15) is 17.0 Å². The maximum Gasteiger partial charge on any atom is 0.345 e. The van der Waals surface area contributed by atoms with Crippen LogP contribution in [0.25, 0.3) is 0 Å². The van der Waals surface area contributed by atoms with E-state index in [1.54, 1.807) is 6.92 Å². The van der Waals surface area contributed by atoms with E-state index >= 15 is 0 Å². The Labute approximate surface area is 112 Å². The highest BCUT2D eigenvalue weighted by Crippen LogP contribution is 2.24. The first-order valence-electron chi connectivity index (χ1n) is 6.39. The van der Waals surface area contributed by atoms with Crippen molar-refractivity contribution in [3.05, 3.63) is 27.9 Å². The number of hydrogen-bond acceptors (Lipinski definition) is 5. The van der Waals surface area contributed by atoms with Gasteiger partial charge in [0.25, 0.3) is 5.56 Å². The molecular weight excluding hydrogens is 248 g/mol. The van der Waals surface area contributed by atoms with Crippen LogP contribution in [0.15, 0.2) is 11.0 Å². The highest BCUT2D eigenvalue weighted by molar-refractivity contribution is 5.88. The van der Waals surface area contributed by atoms with Gasteiger partial charge in [-0.3, -0.25) is 4.79 Å². The Balaban J connectivity index is 3.12. The molecule has 0 radical (unpaired) electrons. The summed E-state index contributed by atoms with van der Waals surface area (Å²) < 4.78 is 10.4. The summed E-state index contributed by atoms with van der Waals surface area (Å²) in [5.74, 6) is -0.257. The maximum absolute atomic E-state index is 11.9. The van der Waals surface area contributed by atoms with Crippen molar-refractivity contribution in [2.75, 3.05) is 13.2 Å². The zero-order chi connectivity index (χ0) is 14.5. The fourth-order valence-electron chi connectivity index (χ4n) is 1.67. The Morgan fingerprint density at radius 1 is 1.37 bits per heavy atom. The normalized spacial score (nSPS) is 13.9. The van der Waals surface area contributed by atoms with Gasteiger partial charge in [0.05, 0.1) is 6.61 Å². The highest BCUT2D eigenvalue weighted by atomic mass is 16.5. The average Bonchev–Trinajstić information content (AvgIpc) is 2.39. The minimum absolute atomic E-state index is 0.0967. The number of nitrogens with one attached hydrogen (secondary N) is 1. The Hall–Kier alpha value is -1.69. The maximum atomic E-state index is 11.9. The number of esters is 1. The Kier molecular flexibility index (Phi) is 5.23. The molecule has 0 aromatic carbocycles. The molecule has 1 aromatic rings. The van der Waals surface area contributed by atoms with E-state index in [-0.39, 0.29) is 12.2 Å². The molecule has 0 saturated carbocycles.